The summed E-state index contributed by atoms with van der Waals surface area (Å²) in [6.45, 7) is 6.88. The van der Waals surface area contributed by atoms with E-state index in [1.54, 1.807) is 26.4 Å². The number of methoxy groups -OCH3 is 2. The van der Waals surface area contributed by atoms with E-state index < -0.39 is 11.2 Å². The van der Waals surface area contributed by atoms with E-state index in [4.69, 9.17) is 15.2 Å². The van der Waals surface area contributed by atoms with Crippen LogP contribution in [0.4, 0.5) is 4.39 Å². The van der Waals surface area contributed by atoms with Crippen LogP contribution in [0.2, 0.25) is 0 Å². The minimum atomic E-state index is -1.44. The van der Waals surface area contributed by atoms with Crippen LogP contribution < -0.4 is 15.2 Å². The molecule has 0 amide bonds. The molecule has 0 aliphatic carbocycles. The van der Waals surface area contributed by atoms with Crippen molar-refractivity contribution < 1.29 is 13.9 Å². The van der Waals surface area contributed by atoms with Crippen LogP contribution in [0.1, 0.15) is 38.8 Å². The van der Waals surface area contributed by atoms with Crippen LogP contribution >= 0.6 is 0 Å². The molecule has 19 heavy (non-hydrogen) atoms. The third-order valence-corrected chi connectivity index (χ3v) is 2.89. The summed E-state index contributed by atoms with van der Waals surface area (Å²) < 4.78 is 24.8. The van der Waals surface area contributed by atoms with Crippen LogP contribution in [0, 0.1) is 0 Å². The quantitative estimate of drug-likeness (QED) is 0.892. The summed E-state index contributed by atoms with van der Waals surface area (Å²) >= 11 is 0. The van der Waals surface area contributed by atoms with Crippen molar-refractivity contribution in [3.8, 4) is 11.5 Å². The standard InChI is InChI=1S/C15H24FNO2/c1-14(2,17)9-10-7-11(15(3,4)16)8-12(18-5)13(10)19-6/h7-8H,9,17H2,1-6H3. The number of halogens is 1. The normalized spacial score (nSPS) is 12.4. The summed E-state index contributed by atoms with van der Waals surface area (Å²) in [6, 6.07) is 3.47. The minimum Gasteiger partial charge on any atom is -0.493 e. The van der Waals surface area contributed by atoms with E-state index >= 15 is 0 Å². The summed E-state index contributed by atoms with van der Waals surface area (Å²) in [4.78, 5) is 0. The fourth-order valence-corrected chi connectivity index (χ4v) is 2.01. The van der Waals surface area contributed by atoms with Crippen molar-refractivity contribution in [2.24, 2.45) is 5.73 Å². The van der Waals surface area contributed by atoms with E-state index in [-0.39, 0.29) is 0 Å². The molecule has 0 saturated carbocycles. The van der Waals surface area contributed by atoms with E-state index in [9.17, 15) is 4.39 Å². The van der Waals surface area contributed by atoms with Crippen molar-refractivity contribution in [1.82, 2.24) is 0 Å². The Bertz CT molecular complexity index is 445. The zero-order valence-electron chi connectivity index (χ0n) is 12.6. The number of alkyl halides is 1. The molecule has 0 radical (unpaired) electrons. The maximum absolute atomic E-state index is 14.2. The van der Waals surface area contributed by atoms with Crippen molar-refractivity contribution in [1.29, 1.82) is 0 Å². The zero-order valence-corrected chi connectivity index (χ0v) is 12.6. The highest BCUT2D eigenvalue weighted by molar-refractivity contribution is 5.51. The first-order valence-corrected chi connectivity index (χ1v) is 6.31. The molecule has 1 rings (SSSR count). The zero-order chi connectivity index (χ0) is 14.8. The van der Waals surface area contributed by atoms with Gasteiger partial charge in [0.2, 0.25) is 0 Å². The number of rotatable bonds is 5. The molecule has 0 aliphatic rings. The van der Waals surface area contributed by atoms with E-state index in [2.05, 4.69) is 0 Å². The largest absolute Gasteiger partial charge is 0.493 e. The van der Waals surface area contributed by atoms with Gasteiger partial charge in [0.15, 0.2) is 11.5 Å². The van der Waals surface area contributed by atoms with Gasteiger partial charge in [-0.15, -0.1) is 0 Å². The molecule has 1 aromatic carbocycles. The Balaban J connectivity index is 3.40. The predicted octanol–water partition coefficient (Wildman–Crippen LogP) is 3.19. The summed E-state index contributed by atoms with van der Waals surface area (Å²) in [5.74, 6) is 1.15. The van der Waals surface area contributed by atoms with Crippen LogP contribution in [-0.2, 0) is 12.1 Å². The maximum Gasteiger partial charge on any atom is 0.163 e. The molecule has 0 unspecified atom stereocenters. The summed E-state index contributed by atoms with van der Waals surface area (Å²) in [6.07, 6.45) is 0.580. The molecular weight excluding hydrogens is 245 g/mol. The third-order valence-electron chi connectivity index (χ3n) is 2.89. The van der Waals surface area contributed by atoms with Crippen LogP contribution in [-0.4, -0.2) is 19.8 Å². The first kappa shape index (κ1) is 15.8. The van der Waals surface area contributed by atoms with Crippen molar-refractivity contribution >= 4 is 0 Å². The molecule has 0 bridgehead atoms. The molecular formula is C15H24FNO2. The SMILES string of the molecule is COc1cc(C(C)(C)F)cc(CC(C)(C)N)c1OC. The minimum absolute atomic E-state index is 0.405. The fourth-order valence-electron chi connectivity index (χ4n) is 2.01. The highest BCUT2D eigenvalue weighted by Gasteiger charge is 2.25. The summed E-state index contributed by atoms with van der Waals surface area (Å²) in [5.41, 5.74) is 5.62. The van der Waals surface area contributed by atoms with Crippen LogP contribution in [0.25, 0.3) is 0 Å². The van der Waals surface area contributed by atoms with Crippen LogP contribution in [0.3, 0.4) is 0 Å². The lowest BCUT2D eigenvalue weighted by molar-refractivity contribution is 0.220. The summed E-state index contributed by atoms with van der Waals surface area (Å²) in [5, 5.41) is 0. The van der Waals surface area contributed by atoms with Gasteiger partial charge in [0.05, 0.1) is 14.2 Å². The number of hydrogen-bond acceptors (Lipinski definition) is 3. The Morgan fingerprint density at radius 2 is 1.68 bits per heavy atom. The maximum atomic E-state index is 14.2. The van der Waals surface area contributed by atoms with Crippen molar-refractivity contribution in [2.75, 3.05) is 14.2 Å². The third kappa shape index (κ3) is 4.10. The second-order valence-electron chi connectivity index (χ2n) is 6.01. The average molecular weight is 269 g/mol. The van der Waals surface area contributed by atoms with Gasteiger partial charge in [-0.2, -0.15) is 0 Å². The molecule has 1 aromatic rings. The van der Waals surface area contributed by atoms with Crippen molar-refractivity contribution in [2.45, 2.75) is 45.3 Å². The molecule has 0 heterocycles. The molecule has 0 aromatic heterocycles. The molecule has 0 spiro atoms. The highest BCUT2D eigenvalue weighted by atomic mass is 19.1. The second kappa shape index (κ2) is 5.37. The van der Waals surface area contributed by atoms with Crippen LogP contribution in [0.15, 0.2) is 12.1 Å². The Hall–Kier alpha value is -1.29. The van der Waals surface area contributed by atoms with Gasteiger partial charge in [0.1, 0.15) is 5.67 Å². The molecule has 4 heteroatoms. The highest BCUT2D eigenvalue weighted by Crippen LogP contribution is 2.38. The lowest BCUT2D eigenvalue weighted by Gasteiger charge is -2.24. The number of hydrogen-bond donors (Lipinski definition) is 1. The first-order valence-electron chi connectivity index (χ1n) is 6.31. The van der Waals surface area contributed by atoms with Gasteiger partial charge in [-0.1, -0.05) is 0 Å². The average Bonchev–Trinajstić information content (AvgIpc) is 2.24. The van der Waals surface area contributed by atoms with Gasteiger partial charge in [-0.05, 0) is 51.8 Å². The molecule has 0 aliphatic heterocycles. The molecule has 2 N–H and O–H groups in total. The number of ether oxygens (including phenoxy) is 2. The lowest BCUT2D eigenvalue weighted by atomic mass is 9.90. The lowest BCUT2D eigenvalue weighted by Crippen LogP contribution is -2.34. The Morgan fingerprint density at radius 3 is 2.05 bits per heavy atom. The van der Waals surface area contributed by atoms with Gasteiger partial charge < -0.3 is 15.2 Å². The molecule has 0 saturated heterocycles. The van der Waals surface area contributed by atoms with Gasteiger partial charge in [-0.25, -0.2) is 4.39 Å². The Morgan fingerprint density at radius 1 is 1.11 bits per heavy atom. The molecule has 0 fully saturated rings. The van der Waals surface area contributed by atoms with E-state index in [1.165, 1.54) is 13.8 Å². The van der Waals surface area contributed by atoms with Gasteiger partial charge in [0, 0.05) is 11.1 Å². The van der Waals surface area contributed by atoms with Crippen molar-refractivity contribution in [3.63, 3.8) is 0 Å². The number of benzene rings is 1. The number of nitrogens with two attached hydrogens (primary N) is 1. The first-order chi connectivity index (χ1) is 8.58. The van der Waals surface area contributed by atoms with E-state index in [1.807, 2.05) is 13.8 Å². The Kier molecular flexibility index (Phi) is 4.46. The van der Waals surface area contributed by atoms with Gasteiger partial charge >= 0.3 is 0 Å². The smallest absolute Gasteiger partial charge is 0.163 e. The second-order valence-corrected chi connectivity index (χ2v) is 6.01. The molecule has 108 valence electrons. The van der Waals surface area contributed by atoms with Crippen molar-refractivity contribution in [3.05, 3.63) is 23.3 Å². The Labute approximate surface area is 114 Å². The van der Waals surface area contributed by atoms with E-state index in [0.29, 0.717) is 23.5 Å². The fraction of sp³-hybridized carbons (Fsp3) is 0.600. The van der Waals surface area contributed by atoms with Gasteiger partial charge in [0.25, 0.3) is 0 Å². The summed E-state index contributed by atoms with van der Waals surface area (Å²) in [7, 11) is 3.12. The van der Waals surface area contributed by atoms with Gasteiger partial charge in [-0.3, -0.25) is 0 Å². The molecule has 0 atom stereocenters. The van der Waals surface area contributed by atoms with E-state index in [0.717, 1.165) is 5.56 Å². The predicted molar refractivity (Wildman–Crippen MR) is 75.7 cm³/mol. The van der Waals surface area contributed by atoms with Crippen LogP contribution in [0.5, 0.6) is 11.5 Å². The monoisotopic (exact) mass is 269 g/mol. The topological polar surface area (TPSA) is 44.5 Å². The molecule has 3 nitrogen and oxygen atoms in total.